The highest BCUT2D eigenvalue weighted by Gasteiger charge is 2.25. The second-order valence-electron chi connectivity index (χ2n) is 4.29. The maximum Gasteiger partial charge on any atom is 0.100 e. The Kier molecular flexibility index (Phi) is 3.62. The van der Waals surface area contributed by atoms with Crippen LogP contribution in [0.4, 0.5) is 0 Å². The predicted molar refractivity (Wildman–Crippen MR) is 63.9 cm³/mol. The topological polar surface area (TPSA) is 18.5 Å². The largest absolute Gasteiger partial charge is 0.498 e. The molecule has 1 aromatic carbocycles. The molecule has 0 spiro atoms. The van der Waals surface area contributed by atoms with Crippen LogP contribution < -0.4 is 0 Å². The number of ether oxygens (including phenoxy) is 2. The van der Waals surface area contributed by atoms with Crippen LogP contribution in [0, 0.1) is 5.92 Å². The van der Waals surface area contributed by atoms with E-state index in [2.05, 4.69) is 26.0 Å². The zero-order valence-electron chi connectivity index (χ0n) is 9.80. The van der Waals surface area contributed by atoms with E-state index in [1.165, 1.54) is 5.56 Å². The summed E-state index contributed by atoms with van der Waals surface area (Å²) in [5, 5.41) is 0. The zero-order chi connectivity index (χ0) is 11.4. The van der Waals surface area contributed by atoms with Crippen LogP contribution in [0.25, 0.3) is 0 Å². The van der Waals surface area contributed by atoms with Gasteiger partial charge in [0.1, 0.15) is 6.10 Å². The van der Waals surface area contributed by atoms with Crippen molar-refractivity contribution in [2.75, 3.05) is 0 Å². The molecule has 0 aliphatic carbocycles. The average Bonchev–Trinajstić information content (AvgIpc) is 2.32. The maximum absolute atomic E-state index is 5.88. The highest BCUT2D eigenvalue weighted by atomic mass is 16.5. The summed E-state index contributed by atoms with van der Waals surface area (Å²) in [4.78, 5) is 0. The first-order valence-corrected chi connectivity index (χ1v) is 5.75. The van der Waals surface area contributed by atoms with Gasteiger partial charge in [0.25, 0.3) is 0 Å². The van der Waals surface area contributed by atoms with E-state index >= 15 is 0 Å². The van der Waals surface area contributed by atoms with E-state index in [-0.39, 0.29) is 12.2 Å². The van der Waals surface area contributed by atoms with E-state index in [0.29, 0.717) is 12.5 Å². The van der Waals surface area contributed by atoms with Gasteiger partial charge in [0, 0.05) is 5.92 Å². The Hall–Kier alpha value is -1.28. The van der Waals surface area contributed by atoms with E-state index in [4.69, 9.17) is 9.47 Å². The molecule has 0 saturated heterocycles. The number of hydrogen-bond acceptors (Lipinski definition) is 2. The molecule has 1 aliphatic rings. The van der Waals surface area contributed by atoms with Crippen molar-refractivity contribution in [1.82, 2.24) is 0 Å². The molecule has 0 N–H and O–H groups in total. The number of rotatable bonds is 3. The number of hydrogen-bond donors (Lipinski definition) is 0. The highest BCUT2D eigenvalue weighted by Crippen LogP contribution is 2.22. The Labute approximate surface area is 96.9 Å². The van der Waals surface area contributed by atoms with Crippen molar-refractivity contribution in [1.29, 1.82) is 0 Å². The first kappa shape index (κ1) is 11.2. The van der Waals surface area contributed by atoms with Crippen molar-refractivity contribution < 1.29 is 9.47 Å². The molecular formula is C14H18O2. The van der Waals surface area contributed by atoms with Gasteiger partial charge in [-0.05, 0) is 18.6 Å². The lowest BCUT2D eigenvalue weighted by Crippen LogP contribution is -2.32. The van der Waals surface area contributed by atoms with Crippen molar-refractivity contribution in [2.24, 2.45) is 5.92 Å². The van der Waals surface area contributed by atoms with Gasteiger partial charge in [0.2, 0.25) is 0 Å². The lowest BCUT2D eigenvalue weighted by Gasteiger charge is -2.30. The molecule has 0 radical (unpaired) electrons. The van der Waals surface area contributed by atoms with Gasteiger partial charge in [-0.25, -0.2) is 0 Å². The predicted octanol–water partition coefficient (Wildman–Crippen LogP) is 3.14. The highest BCUT2D eigenvalue weighted by molar-refractivity contribution is 5.13. The van der Waals surface area contributed by atoms with E-state index < -0.39 is 0 Å². The SMILES string of the molecule is CC1OC=C[C@H](OCc2ccccc2)[C@H]1C. The second kappa shape index (κ2) is 5.17. The fourth-order valence-electron chi connectivity index (χ4n) is 1.79. The summed E-state index contributed by atoms with van der Waals surface area (Å²) in [6, 6.07) is 10.2. The van der Waals surface area contributed by atoms with E-state index in [9.17, 15) is 0 Å². The molecule has 16 heavy (non-hydrogen) atoms. The van der Waals surface area contributed by atoms with Crippen LogP contribution in [-0.2, 0) is 16.1 Å². The Balaban J connectivity index is 1.91. The molecule has 0 bridgehead atoms. The summed E-state index contributed by atoms with van der Waals surface area (Å²) in [6.07, 6.45) is 4.13. The smallest absolute Gasteiger partial charge is 0.100 e. The van der Waals surface area contributed by atoms with E-state index in [1.54, 1.807) is 6.26 Å². The van der Waals surface area contributed by atoms with Crippen LogP contribution >= 0.6 is 0 Å². The van der Waals surface area contributed by atoms with Gasteiger partial charge in [-0.1, -0.05) is 37.3 Å². The molecule has 1 heterocycles. The Morgan fingerprint density at radius 2 is 1.94 bits per heavy atom. The van der Waals surface area contributed by atoms with Gasteiger partial charge in [0.05, 0.1) is 19.0 Å². The van der Waals surface area contributed by atoms with Crippen LogP contribution in [-0.4, -0.2) is 12.2 Å². The fourth-order valence-corrected chi connectivity index (χ4v) is 1.79. The molecule has 1 unspecified atom stereocenters. The fraction of sp³-hybridized carbons (Fsp3) is 0.429. The lowest BCUT2D eigenvalue weighted by atomic mass is 9.97. The van der Waals surface area contributed by atoms with Crippen LogP contribution in [0.2, 0.25) is 0 Å². The summed E-state index contributed by atoms with van der Waals surface area (Å²) in [5.41, 5.74) is 1.21. The molecule has 2 heteroatoms. The summed E-state index contributed by atoms with van der Waals surface area (Å²) in [7, 11) is 0. The van der Waals surface area contributed by atoms with Crippen LogP contribution in [0.15, 0.2) is 42.7 Å². The molecule has 3 atom stereocenters. The van der Waals surface area contributed by atoms with Crippen molar-refractivity contribution in [3.8, 4) is 0 Å². The summed E-state index contributed by atoms with van der Waals surface area (Å²) >= 11 is 0. The lowest BCUT2D eigenvalue weighted by molar-refractivity contribution is -0.0288. The molecule has 1 aromatic rings. The van der Waals surface area contributed by atoms with Crippen LogP contribution in [0.5, 0.6) is 0 Å². The minimum atomic E-state index is 0.156. The molecule has 0 saturated carbocycles. The quantitative estimate of drug-likeness (QED) is 0.776. The summed E-state index contributed by atoms with van der Waals surface area (Å²) in [5.74, 6) is 0.397. The minimum Gasteiger partial charge on any atom is -0.498 e. The van der Waals surface area contributed by atoms with Crippen molar-refractivity contribution in [3.63, 3.8) is 0 Å². The Morgan fingerprint density at radius 3 is 2.69 bits per heavy atom. The van der Waals surface area contributed by atoms with Crippen molar-refractivity contribution >= 4 is 0 Å². The standard InChI is InChI=1S/C14H18O2/c1-11-12(2)15-9-8-14(11)16-10-13-6-4-3-5-7-13/h3-9,11-12,14H,10H2,1-2H3/t11-,12?,14-/m0/s1. The Morgan fingerprint density at radius 1 is 1.19 bits per heavy atom. The van der Waals surface area contributed by atoms with Crippen LogP contribution in [0.3, 0.4) is 0 Å². The van der Waals surface area contributed by atoms with Crippen molar-refractivity contribution in [2.45, 2.75) is 32.7 Å². The molecule has 0 aromatic heterocycles. The van der Waals surface area contributed by atoms with Gasteiger partial charge < -0.3 is 9.47 Å². The molecule has 2 rings (SSSR count). The molecule has 1 aliphatic heterocycles. The van der Waals surface area contributed by atoms with Gasteiger partial charge in [-0.2, -0.15) is 0 Å². The van der Waals surface area contributed by atoms with Gasteiger partial charge in [-0.3, -0.25) is 0 Å². The van der Waals surface area contributed by atoms with Gasteiger partial charge in [0.15, 0.2) is 0 Å². The molecule has 0 amide bonds. The first-order valence-electron chi connectivity index (χ1n) is 5.75. The first-order chi connectivity index (χ1) is 7.77. The zero-order valence-corrected chi connectivity index (χ0v) is 9.80. The van der Waals surface area contributed by atoms with E-state index in [1.807, 2.05) is 24.3 Å². The molecule has 2 nitrogen and oxygen atoms in total. The number of benzene rings is 1. The van der Waals surface area contributed by atoms with E-state index in [0.717, 1.165) is 0 Å². The summed E-state index contributed by atoms with van der Waals surface area (Å²) in [6.45, 7) is 4.89. The summed E-state index contributed by atoms with van der Waals surface area (Å²) < 4.78 is 11.3. The third-order valence-electron chi connectivity index (χ3n) is 3.11. The average molecular weight is 218 g/mol. The van der Waals surface area contributed by atoms with Gasteiger partial charge >= 0.3 is 0 Å². The van der Waals surface area contributed by atoms with Gasteiger partial charge in [-0.15, -0.1) is 0 Å². The van der Waals surface area contributed by atoms with Crippen molar-refractivity contribution in [3.05, 3.63) is 48.2 Å². The normalized spacial score (nSPS) is 28.8. The third-order valence-corrected chi connectivity index (χ3v) is 3.11. The minimum absolute atomic E-state index is 0.156. The Bertz CT molecular complexity index is 345. The third kappa shape index (κ3) is 2.64. The maximum atomic E-state index is 5.88. The monoisotopic (exact) mass is 218 g/mol. The van der Waals surface area contributed by atoms with Crippen LogP contribution in [0.1, 0.15) is 19.4 Å². The second-order valence-corrected chi connectivity index (χ2v) is 4.29. The molecular weight excluding hydrogens is 200 g/mol. The molecule has 86 valence electrons. The molecule has 0 fully saturated rings.